The van der Waals surface area contributed by atoms with Crippen LogP contribution in [0.2, 0.25) is 10.2 Å². The second-order valence-corrected chi connectivity index (χ2v) is 4.70. The summed E-state index contributed by atoms with van der Waals surface area (Å²) in [7, 11) is 0. The van der Waals surface area contributed by atoms with Crippen molar-refractivity contribution < 1.29 is 4.79 Å². The molecule has 0 spiro atoms. The third-order valence-corrected chi connectivity index (χ3v) is 3.14. The van der Waals surface area contributed by atoms with E-state index in [1.807, 2.05) is 0 Å². The largest absolute Gasteiger partial charge is 0.305 e. The van der Waals surface area contributed by atoms with E-state index in [1.165, 1.54) is 12.5 Å². The van der Waals surface area contributed by atoms with Crippen molar-refractivity contribution in [3.8, 4) is 0 Å². The molecule has 2 aromatic rings. The molecule has 1 N–H and O–H groups in total. The molecule has 0 fully saturated rings. The zero-order valence-electron chi connectivity index (χ0n) is 8.69. The van der Waals surface area contributed by atoms with Crippen LogP contribution < -0.4 is 5.32 Å². The molecule has 0 saturated carbocycles. The number of nitrogens with one attached hydrogen (secondary N) is 1. The Morgan fingerprint density at radius 2 is 2.06 bits per heavy atom. The Kier molecular flexibility index (Phi) is 4.11. The first-order chi connectivity index (χ1) is 8.58. The lowest BCUT2D eigenvalue weighted by Crippen LogP contribution is -2.13. The number of anilines is 1. The van der Waals surface area contributed by atoms with Gasteiger partial charge in [0.05, 0.1) is 0 Å². The van der Waals surface area contributed by atoms with Gasteiger partial charge >= 0.3 is 0 Å². The van der Waals surface area contributed by atoms with Crippen molar-refractivity contribution in [1.29, 1.82) is 0 Å². The zero-order valence-corrected chi connectivity index (χ0v) is 11.8. The van der Waals surface area contributed by atoms with Gasteiger partial charge in [-0.05, 0) is 28.1 Å². The maximum absolute atomic E-state index is 11.9. The highest BCUT2D eigenvalue weighted by molar-refractivity contribution is 9.10. The maximum atomic E-state index is 11.9. The Balaban J connectivity index is 2.24. The van der Waals surface area contributed by atoms with E-state index < -0.39 is 0 Å². The number of hydrogen-bond acceptors (Lipinski definition) is 4. The number of halogens is 3. The Morgan fingerprint density at radius 1 is 1.28 bits per heavy atom. The maximum Gasteiger partial charge on any atom is 0.257 e. The summed E-state index contributed by atoms with van der Waals surface area (Å²) in [5.41, 5.74) is 0.419. The molecule has 2 rings (SSSR count). The predicted molar refractivity (Wildman–Crippen MR) is 71.9 cm³/mol. The molecular weight excluding hydrogens is 343 g/mol. The molecule has 2 heterocycles. The molecular formula is C10H5BrCl2N4O. The minimum atomic E-state index is -0.366. The summed E-state index contributed by atoms with van der Waals surface area (Å²) in [6.45, 7) is 0. The molecule has 5 nitrogen and oxygen atoms in total. The summed E-state index contributed by atoms with van der Waals surface area (Å²) in [5, 5.41) is 2.72. The molecule has 0 bridgehead atoms. The van der Waals surface area contributed by atoms with Gasteiger partial charge in [0.1, 0.15) is 16.0 Å². The molecule has 0 aliphatic carbocycles. The van der Waals surface area contributed by atoms with Gasteiger partial charge in [-0.25, -0.2) is 15.0 Å². The van der Waals surface area contributed by atoms with E-state index >= 15 is 0 Å². The van der Waals surface area contributed by atoms with E-state index in [1.54, 1.807) is 12.1 Å². The fourth-order valence-corrected chi connectivity index (χ4v) is 1.80. The second kappa shape index (κ2) is 5.60. The summed E-state index contributed by atoms with van der Waals surface area (Å²) >= 11 is 14.8. The van der Waals surface area contributed by atoms with Crippen molar-refractivity contribution in [2.45, 2.75) is 0 Å². The van der Waals surface area contributed by atoms with E-state index in [9.17, 15) is 4.79 Å². The van der Waals surface area contributed by atoms with Crippen LogP contribution in [0.15, 0.2) is 29.3 Å². The van der Waals surface area contributed by atoms with Crippen molar-refractivity contribution >= 4 is 50.9 Å². The fourth-order valence-electron chi connectivity index (χ4n) is 1.16. The Hall–Kier alpha value is -1.24. The third kappa shape index (κ3) is 2.95. The molecule has 0 aliphatic rings. The standard InChI is InChI=1S/C10H5BrCl2N4O/c11-6-3-5(1-2-14-6)10(18)17-9-7(12)8(13)15-4-16-9/h1-4H,(H,15,16,17,18). The number of amides is 1. The average Bonchev–Trinajstić information content (AvgIpc) is 2.35. The number of carbonyl (C=O) groups excluding carboxylic acids is 1. The molecule has 0 radical (unpaired) electrons. The summed E-state index contributed by atoms with van der Waals surface area (Å²) in [6.07, 6.45) is 2.72. The van der Waals surface area contributed by atoms with Gasteiger partial charge in [-0.3, -0.25) is 4.79 Å². The quantitative estimate of drug-likeness (QED) is 0.669. The van der Waals surface area contributed by atoms with Crippen LogP contribution in [0.1, 0.15) is 10.4 Å². The zero-order chi connectivity index (χ0) is 13.1. The monoisotopic (exact) mass is 346 g/mol. The highest BCUT2D eigenvalue weighted by Crippen LogP contribution is 2.25. The highest BCUT2D eigenvalue weighted by atomic mass is 79.9. The molecule has 1 amide bonds. The van der Waals surface area contributed by atoms with Crippen LogP contribution in [0, 0.1) is 0 Å². The fraction of sp³-hybridized carbons (Fsp3) is 0. The van der Waals surface area contributed by atoms with Crippen LogP contribution in [0.5, 0.6) is 0 Å². The van der Waals surface area contributed by atoms with Gasteiger partial charge in [0.25, 0.3) is 5.91 Å². The smallest absolute Gasteiger partial charge is 0.257 e. The molecule has 92 valence electrons. The SMILES string of the molecule is O=C(Nc1ncnc(Cl)c1Cl)c1ccnc(Br)c1. The minimum absolute atomic E-state index is 0.0814. The van der Waals surface area contributed by atoms with Crippen molar-refractivity contribution in [2.24, 2.45) is 0 Å². The van der Waals surface area contributed by atoms with Gasteiger partial charge in [0.2, 0.25) is 0 Å². The first-order valence-electron chi connectivity index (χ1n) is 4.67. The average molecular weight is 348 g/mol. The number of nitrogens with zero attached hydrogens (tertiary/aromatic N) is 3. The number of hydrogen-bond donors (Lipinski definition) is 1. The molecule has 0 aliphatic heterocycles. The van der Waals surface area contributed by atoms with Crippen molar-refractivity contribution in [1.82, 2.24) is 15.0 Å². The Morgan fingerprint density at radius 3 is 2.78 bits per heavy atom. The summed E-state index contributed by atoms with van der Waals surface area (Å²) in [6, 6.07) is 3.14. The lowest BCUT2D eigenvalue weighted by atomic mass is 10.2. The van der Waals surface area contributed by atoms with E-state index in [0.29, 0.717) is 10.2 Å². The lowest BCUT2D eigenvalue weighted by Gasteiger charge is -2.06. The molecule has 0 aromatic carbocycles. The summed E-state index contributed by atoms with van der Waals surface area (Å²) < 4.78 is 0.557. The number of rotatable bonds is 2. The number of pyridine rings is 1. The molecule has 0 atom stereocenters. The predicted octanol–water partition coefficient (Wildman–Crippen LogP) is 3.19. The third-order valence-electron chi connectivity index (χ3n) is 1.97. The molecule has 18 heavy (non-hydrogen) atoms. The van der Waals surface area contributed by atoms with Gasteiger partial charge in [-0.2, -0.15) is 0 Å². The van der Waals surface area contributed by atoms with Crippen molar-refractivity contribution in [3.05, 3.63) is 45.0 Å². The molecule has 2 aromatic heterocycles. The van der Waals surface area contributed by atoms with Crippen LogP contribution in [0.4, 0.5) is 5.82 Å². The van der Waals surface area contributed by atoms with Crippen LogP contribution in [0.3, 0.4) is 0 Å². The van der Waals surface area contributed by atoms with Gasteiger partial charge in [0.15, 0.2) is 11.0 Å². The van der Waals surface area contributed by atoms with Crippen molar-refractivity contribution in [3.63, 3.8) is 0 Å². The number of carbonyl (C=O) groups is 1. The van der Waals surface area contributed by atoms with Crippen molar-refractivity contribution in [2.75, 3.05) is 5.32 Å². The van der Waals surface area contributed by atoms with E-state index in [0.717, 1.165) is 0 Å². The minimum Gasteiger partial charge on any atom is -0.305 e. The van der Waals surface area contributed by atoms with Crippen LogP contribution in [0.25, 0.3) is 0 Å². The molecule has 0 saturated heterocycles. The molecule has 0 unspecified atom stereocenters. The lowest BCUT2D eigenvalue weighted by molar-refractivity contribution is 0.102. The first kappa shape index (κ1) is 13.2. The van der Waals surface area contributed by atoms with E-state index in [4.69, 9.17) is 23.2 Å². The highest BCUT2D eigenvalue weighted by Gasteiger charge is 2.12. The van der Waals surface area contributed by atoms with Gasteiger partial charge in [-0.15, -0.1) is 0 Å². The van der Waals surface area contributed by atoms with Crippen LogP contribution in [-0.2, 0) is 0 Å². The molecule has 8 heteroatoms. The summed E-state index contributed by atoms with van der Waals surface area (Å²) in [5.74, 6) is -0.204. The number of aromatic nitrogens is 3. The van der Waals surface area contributed by atoms with Gasteiger partial charge in [-0.1, -0.05) is 23.2 Å². The first-order valence-corrected chi connectivity index (χ1v) is 6.21. The Bertz CT molecular complexity index is 608. The topological polar surface area (TPSA) is 67.8 Å². The van der Waals surface area contributed by atoms with Crippen LogP contribution >= 0.6 is 39.1 Å². The van der Waals surface area contributed by atoms with Gasteiger partial charge in [0, 0.05) is 11.8 Å². The van der Waals surface area contributed by atoms with E-state index in [2.05, 4.69) is 36.2 Å². The Labute approximate surface area is 121 Å². The second-order valence-electron chi connectivity index (χ2n) is 3.15. The van der Waals surface area contributed by atoms with Crippen LogP contribution in [-0.4, -0.2) is 20.9 Å². The van der Waals surface area contributed by atoms with E-state index in [-0.39, 0.29) is 21.9 Å². The normalized spacial score (nSPS) is 10.2. The van der Waals surface area contributed by atoms with Gasteiger partial charge < -0.3 is 5.32 Å². The summed E-state index contributed by atoms with van der Waals surface area (Å²) in [4.78, 5) is 23.4.